The number of aliphatic carboxylic acids is 1. The van der Waals surface area contributed by atoms with E-state index in [-0.39, 0.29) is 18.0 Å². The van der Waals surface area contributed by atoms with E-state index in [4.69, 9.17) is 10.5 Å². The first-order valence-corrected chi connectivity index (χ1v) is 25.4. The van der Waals surface area contributed by atoms with Gasteiger partial charge in [-0.15, -0.1) is 0 Å². The largest absolute Gasteiger partial charge is 0.480 e. The van der Waals surface area contributed by atoms with Gasteiger partial charge in [0.25, 0.3) is 0 Å². The summed E-state index contributed by atoms with van der Waals surface area (Å²) in [4.78, 5) is 36.5. The van der Waals surface area contributed by atoms with Crippen LogP contribution >= 0.6 is 0 Å². The van der Waals surface area contributed by atoms with Crippen LogP contribution in [0.3, 0.4) is 0 Å². The average Bonchev–Trinajstić information content (AvgIpc) is 3.26. The third-order valence-electron chi connectivity index (χ3n) is 10.9. The maximum atomic E-state index is 12.9. The van der Waals surface area contributed by atoms with Crippen molar-refractivity contribution in [2.24, 2.45) is 5.73 Å². The van der Waals surface area contributed by atoms with Crippen LogP contribution in [0.15, 0.2) is 85.1 Å². The number of carbonyl (C=O) groups is 3. The highest BCUT2D eigenvalue weighted by molar-refractivity contribution is 5.83. The molecule has 354 valence electrons. The van der Waals surface area contributed by atoms with Crippen molar-refractivity contribution >= 4 is 17.8 Å². The van der Waals surface area contributed by atoms with E-state index < -0.39 is 12.0 Å². The molecule has 0 rings (SSSR count). The van der Waals surface area contributed by atoms with Crippen LogP contribution in [-0.2, 0) is 19.1 Å². The number of rotatable bonds is 45. The lowest BCUT2D eigenvalue weighted by Crippen LogP contribution is -2.40. The zero-order chi connectivity index (χ0) is 45.2. The van der Waals surface area contributed by atoms with Crippen LogP contribution in [0.1, 0.15) is 226 Å². The minimum Gasteiger partial charge on any atom is -0.480 e. The molecule has 0 spiro atoms. The highest BCUT2D eigenvalue weighted by atomic mass is 16.5. The Morgan fingerprint density at radius 1 is 0.484 bits per heavy atom. The van der Waals surface area contributed by atoms with Gasteiger partial charge < -0.3 is 20.9 Å². The Hall–Kier alpha value is -3.45. The summed E-state index contributed by atoms with van der Waals surface area (Å²) in [6, 6.07) is -0.866. The SMILES string of the molecule is CC/C=C\C/C=C\C/C=C\C/C=C\C/C=C\C/C=C\CCCCCCC(=O)OC(CCC/C=C\CCCCCCCCCC)CCCCCCCC(=O)NC(CCCN)C(=O)O. The Bertz CT molecular complexity index is 1250. The minimum atomic E-state index is -1.01. The van der Waals surface area contributed by atoms with Gasteiger partial charge in [0.15, 0.2) is 0 Å². The molecule has 1 amide bonds. The van der Waals surface area contributed by atoms with E-state index in [0.717, 1.165) is 135 Å². The number of carboxylic acid groups (broad SMARTS) is 1. The number of hydrogen-bond acceptors (Lipinski definition) is 5. The molecule has 0 aliphatic carbocycles. The molecule has 2 atom stereocenters. The standard InChI is InChI=1S/C55H94N2O5/c1-3-5-7-9-11-13-15-17-18-19-20-21-22-23-24-25-26-28-30-32-34-39-43-49-54(59)62-51(45-40-36-33-31-29-27-16-14-12-10-8-6-4-2)46-41-37-35-38-42-48-53(58)57-52(55(60)61)47-44-50-56/h5,7,11,13,17-18,20-21,23-24,26,28,31,33,51-52H,3-4,6,8-10,12,14-16,19,22,25,27,29-30,32,34-50,56H2,1-2H3,(H,57,58)(H,60,61)/b7-5-,13-11-,18-17-,21-20-,24-23-,28-26-,33-31-. The van der Waals surface area contributed by atoms with Crippen molar-refractivity contribution < 1.29 is 24.2 Å². The van der Waals surface area contributed by atoms with E-state index in [1.54, 1.807) is 0 Å². The molecule has 0 bridgehead atoms. The lowest BCUT2D eigenvalue weighted by Gasteiger charge is -2.18. The molecule has 62 heavy (non-hydrogen) atoms. The molecule has 7 heteroatoms. The van der Waals surface area contributed by atoms with Gasteiger partial charge in [0.05, 0.1) is 0 Å². The van der Waals surface area contributed by atoms with E-state index >= 15 is 0 Å². The van der Waals surface area contributed by atoms with Gasteiger partial charge in [-0.2, -0.15) is 0 Å². The molecule has 7 nitrogen and oxygen atoms in total. The van der Waals surface area contributed by atoms with Gasteiger partial charge in [-0.3, -0.25) is 9.59 Å². The van der Waals surface area contributed by atoms with E-state index in [1.807, 2.05) is 0 Å². The second-order valence-electron chi connectivity index (χ2n) is 16.8. The summed E-state index contributed by atoms with van der Waals surface area (Å²) in [6.07, 6.45) is 64.9. The summed E-state index contributed by atoms with van der Waals surface area (Å²) in [5.74, 6) is -1.28. The molecule has 0 saturated carbocycles. The number of carbonyl (C=O) groups excluding carboxylic acids is 2. The fourth-order valence-electron chi connectivity index (χ4n) is 7.16. The second kappa shape index (κ2) is 48.6. The van der Waals surface area contributed by atoms with E-state index in [9.17, 15) is 19.5 Å². The molecule has 0 aromatic rings. The number of unbranched alkanes of at least 4 members (excludes halogenated alkanes) is 17. The topological polar surface area (TPSA) is 119 Å². The summed E-state index contributed by atoms with van der Waals surface area (Å²) in [7, 11) is 0. The van der Waals surface area contributed by atoms with Crippen LogP contribution in [0.4, 0.5) is 0 Å². The van der Waals surface area contributed by atoms with Crippen LogP contribution in [0.2, 0.25) is 0 Å². The van der Waals surface area contributed by atoms with Crippen molar-refractivity contribution in [3.8, 4) is 0 Å². The molecule has 0 aromatic carbocycles. The molecular weight excluding hydrogens is 769 g/mol. The van der Waals surface area contributed by atoms with Crippen molar-refractivity contribution in [3.05, 3.63) is 85.1 Å². The number of hydrogen-bond donors (Lipinski definition) is 3. The predicted octanol–water partition coefficient (Wildman–Crippen LogP) is 15.2. The van der Waals surface area contributed by atoms with Crippen LogP contribution in [0.25, 0.3) is 0 Å². The number of carboxylic acids is 1. The first kappa shape index (κ1) is 58.6. The molecule has 0 aliphatic heterocycles. The average molecular weight is 863 g/mol. The van der Waals surface area contributed by atoms with Crippen molar-refractivity contribution in [2.75, 3.05) is 6.54 Å². The molecule has 2 unspecified atom stereocenters. The fraction of sp³-hybridized carbons (Fsp3) is 0.691. The van der Waals surface area contributed by atoms with Gasteiger partial charge >= 0.3 is 11.9 Å². The van der Waals surface area contributed by atoms with E-state index in [1.165, 1.54) is 51.4 Å². The fourth-order valence-corrected chi connectivity index (χ4v) is 7.16. The summed E-state index contributed by atoms with van der Waals surface area (Å²) in [5, 5.41) is 12.0. The Balaban J connectivity index is 4.37. The molecule has 0 heterocycles. The van der Waals surface area contributed by atoms with Crippen molar-refractivity contribution in [3.63, 3.8) is 0 Å². The summed E-state index contributed by atoms with van der Waals surface area (Å²) < 4.78 is 6.05. The van der Waals surface area contributed by atoms with Gasteiger partial charge in [-0.1, -0.05) is 176 Å². The molecule has 0 saturated heterocycles. The first-order chi connectivity index (χ1) is 30.4. The summed E-state index contributed by atoms with van der Waals surface area (Å²) in [5.41, 5.74) is 5.50. The molecule has 4 N–H and O–H groups in total. The van der Waals surface area contributed by atoms with Crippen LogP contribution in [0, 0.1) is 0 Å². The maximum absolute atomic E-state index is 12.9. The zero-order valence-corrected chi connectivity index (χ0v) is 39.9. The van der Waals surface area contributed by atoms with Crippen LogP contribution < -0.4 is 11.1 Å². The first-order valence-electron chi connectivity index (χ1n) is 25.4. The summed E-state index contributed by atoms with van der Waals surface area (Å²) in [6.45, 7) is 4.83. The third kappa shape index (κ3) is 44.6. The zero-order valence-electron chi connectivity index (χ0n) is 39.9. The van der Waals surface area contributed by atoms with E-state index in [0.29, 0.717) is 32.2 Å². The highest BCUT2D eigenvalue weighted by Crippen LogP contribution is 2.18. The Morgan fingerprint density at radius 2 is 0.903 bits per heavy atom. The normalized spacial score (nSPS) is 13.3. The summed E-state index contributed by atoms with van der Waals surface area (Å²) >= 11 is 0. The number of nitrogens with one attached hydrogen (secondary N) is 1. The monoisotopic (exact) mass is 863 g/mol. The maximum Gasteiger partial charge on any atom is 0.326 e. The predicted molar refractivity (Wildman–Crippen MR) is 266 cm³/mol. The van der Waals surface area contributed by atoms with Crippen molar-refractivity contribution in [2.45, 2.75) is 238 Å². The van der Waals surface area contributed by atoms with Gasteiger partial charge in [0.2, 0.25) is 5.91 Å². The number of esters is 1. The van der Waals surface area contributed by atoms with Crippen molar-refractivity contribution in [1.82, 2.24) is 5.32 Å². The molecular formula is C55H94N2O5. The molecule has 0 radical (unpaired) electrons. The molecule has 0 fully saturated rings. The lowest BCUT2D eigenvalue weighted by atomic mass is 10.0. The second-order valence-corrected chi connectivity index (χ2v) is 16.8. The lowest BCUT2D eigenvalue weighted by molar-refractivity contribution is -0.150. The van der Waals surface area contributed by atoms with Gasteiger partial charge in [-0.25, -0.2) is 4.79 Å². The quantitative estimate of drug-likeness (QED) is 0.0319. The number of nitrogens with two attached hydrogens (primary N) is 1. The Morgan fingerprint density at radius 3 is 1.42 bits per heavy atom. The van der Waals surface area contributed by atoms with Crippen LogP contribution in [-0.4, -0.2) is 41.6 Å². The molecule has 0 aromatic heterocycles. The number of ether oxygens (including phenoxy) is 1. The Labute approximate surface area is 381 Å². The van der Waals surface area contributed by atoms with Gasteiger partial charge in [-0.05, 0) is 129 Å². The number of amides is 1. The van der Waals surface area contributed by atoms with Crippen LogP contribution in [0.5, 0.6) is 0 Å². The Kier molecular flexibility index (Phi) is 45.9. The van der Waals surface area contributed by atoms with Gasteiger partial charge in [0, 0.05) is 12.8 Å². The van der Waals surface area contributed by atoms with Gasteiger partial charge in [0.1, 0.15) is 12.1 Å². The number of allylic oxidation sites excluding steroid dienone is 14. The third-order valence-corrected chi connectivity index (χ3v) is 10.9. The highest BCUT2D eigenvalue weighted by Gasteiger charge is 2.19. The molecule has 0 aliphatic rings. The smallest absolute Gasteiger partial charge is 0.326 e. The minimum absolute atomic E-state index is 0.0380. The van der Waals surface area contributed by atoms with Crippen molar-refractivity contribution in [1.29, 1.82) is 0 Å². The van der Waals surface area contributed by atoms with E-state index in [2.05, 4.69) is 104 Å².